The Labute approximate surface area is 181 Å². The van der Waals surface area contributed by atoms with E-state index in [9.17, 15) is 9.59 Å². The maximum Gasteiger partial charge on any atom is 0.282 e. The summed E-state index contributed by atoms with van der Waals surface area (Å²) in [5, 5.41) is 4.40. The highest BCUT2D eigenvalue weighted by Gasteiger charge is 2.14. The van der Waals surface area contributed by atoms with Gasteiger partial charge in [0.15, 0.2) is 0 Å². The number of carbonyl (C=O) groups is 2. The first-order valence-corrected chi connectivity index (χ1v) is 9.74. The van der Waals surface area contributed by atoms with Gasteiger partial charge >= 0.3 is 0 Å². The molecule has 0 fully saturated rings. The fourth-order valence-electron chi connectivity index (χ4n) is 3.01. The van der Waals surface area contributed by atoms with E-state index in [2.05, 4.69) is 10.7 Å². The summed E-state index contributed by atoms with van der Waals surface area (Å²) in [5.41, 5.74) is 6.21. The van der Waals surface area contributed by atoms with Crippen LogP contribution < -0.4 is 15.5 Å². The minimum atomic E-state index is -0.250. The van der Waals surface area contributed by atoms with E-state index in [1.54, 1.807) is 62.2 Å². The van der Waals surface area contributed by atoms with E-state index in [-0.39, 0.29) is 11.8 Å². The minimum Gasteiger partial charge on any atom is -0.497 e. The van der Waals surface area contributed by atoms with E-state index in [0.717, 1.165) is 16.9 Å². The van der Waals surface area contributed by atoms with E-state index < -0.39 is 0 Å². The quantitative estimate of drug-likeness (QED) is 0.454. The van der Waals surface area contributed by atoms with Crippen LogP contribution in [-0.2, 0) is 7.05 Å². The van der Waals surface area contributed by atoms with Crippen molar-refractivity contribution >= 4 is 29.7 Å². The molecule has 2 amide bonds. The van der Waals surface area contributed by atoms with Gasteiger partial charge in [0.2, 0.25) is 0 Å². The van der Waals surface area contributed by atoms with Crippen molar-refractivity contribution < 1.29 is 14.3 Å². The van der Waals surface area contributed by atoms with Gasteiger partial charge in [-0.25, -0.2) is 5.01 Å². The summed E-state index contributed by atoms with van der Waals surface area (Å²) in [7, 11) is 6.86. The van der Waals surface area contributed by atoms with Crippen molar-refractivity contribution in [2.45, 2.75) is 0 Å². The van der Waals surface area contributed by atoms with Gasteiger partial charge in [-0.2, -0.15) is 0 Å². The number of aromatic nitrogens is 1. The van der Waals surface area contributed by atoms with E-state index in [1.165, 1.54) is 0 Å². The lowest BCUT2D eigenvalue weighted by Gasteiger charge is -2.11. The van der Waals surface area contributed by atoms with Gasteiger partial charge in [-0.3, -0.25) is 15.0 Å². The van der Waals surface area contributed by atoms with Crippen molar-refractivity contribution in [2.75, 3.05) is 26.5 Å². The highest BCUT2D eigenvalue weighted by Crippen LogP contribution is 2.17. The number of anilines is 1. The Morgan fingerprint density at radius 2 is 1.68 bits per heavy atom. The molecule has 3 aromatic rings. The zero-order valence-corrected chi connectivity index (χ0v) is 18.0. The molecule has 0 atom stereocenters. The number of hydrogen-bond donors (Lipinski definition) is 2. The number of carbonyl (C=O) groups excluding carboxylic acids is 2. The van der Waals surface area contributed by atoms with Gasteiger partial charge in [-0.1, -0.05) is 36.4 Å². The van der Waals surface area contributed by atoms with Crippen molar-refractivity contribution in [1.82, 2.24) is 15.0 Å². The maximum absolute atomic E-state index is 12.6. The molecule has 2 N–H and O–H groups in total. The van der Waals surface area contributed by atoms with Gasteiger partial charge in [0.1, 0.15) is 11.4 Å². The molecule has 0 aliphatic heterocycles. The molecule has 3 rings (SSSR count). The van der Waals surface area contributed by atoms with Gasteiger partial charge < -0.3 is 14.6 Å². The normalized spacial score (nSPS) is 11.0. The molecule has 0 aliphatic rings. The van der Waals surface area contributed by atoms with Crippen molar-refractivity contribution in [1.29, 1.82) is 0 Å². The SMILES string of the molecule is COc1cccc(/C=C/c2ccc(C(=O)Nc3cc(C(=O)NN(C)C)n(C)c3)cc2)c1. The summed E-state index contributed by atoms with van der Waals surface area (Å²) >= 11 is 0. The molecular formula is C24H26N4O3. The Morgan fingerprint density at radius 1 is 0.968 bits per heavy atom. The number of aryl methyl sites for hydroxylation is 1. The van der Waals surface area contributed by atoms with Crippen LogP contribution in [0, 0.1) is 0 Å². The molecule has 1 heterocycles. The largest absolute Gasteiger partial charge is 0.497 e. The van der Waals surface area contributed by atoms with Crippen LogP contribution in [0.1, 0.15) is 32.0 Å². The summed E-state index contributed by atoms with van der Waals surface area (Å²) in [6.07, 6.45) is 5.67. The molecule has 0 saturated heterocycles. The molecule has 0 aliphatic carbocycles. The lowest BCUT2D eigenvalue weighted by atomic mass is 10.1. The zero-order chi connectivity index (χ0) is 22.4. The summed E-state index contributed by atoms with van der Waals surface area (Å²) in [5.74, 6) is 0.311. The number of amides is 2. The van der Waals surface area contributed by atoms with Gasteiger partial charge in [0.05, 0.1) is 12.8 Å². The molecule has 0 saturated carbocycles. The lowest BCUT2D eigenvalue weighted by molar-refractivity contribution is 0.0847. The second-order valence-electron chi connectivity index (χ2n) is 7.25. The predicted molar refractivity (Wildman–Crippen MR) is 123 cm³/mol. The molecule has 0 radical (unpaired) electrons. The maximum atomic E-state index is 12.6. The number of ether oxygens (including phenoxy) is 1. The lowest BCUT2D eigenvalue weighted by Crippen LogP contribution is -2.36. The Kier molecular flexibility index (Phi) is 6.89. The Hall–Kier alpha value is -3.84. The number of benzene rings is 2. The number of nitrogens with zero attached hydrogens (tertiary/aromatic N) is 2. The number of nitrogens with one attached hydrogen (secondary N) is 2. The van der Waals surface area contributed by atoms with Gasteiger partial charge in [0.25, 0.3) is 11.8 Å². The molecular weight excluding hydrogens is 392 g/mol. The van der Waals surface area contributed by atoms with Gasteiger partial charge in [-0.05, 0) is 41.5 Å². The van der Waals surface area contributed by atoms with Crippen LogP contribution in [0.25, 0.3) is 12.2 Å². The van der Waals surface area contributed by atoms with E-state index in [0.29, 0.717) is 16.9 Å². The molecule has 0 unspecified atom stereocenters. The number of rotatable bonds is 7. The van der Waals surface area contributed by atoms with Crippen LogP contribution in [0.5, 0.6) is 5.75 Å². The fraction of sp³-hybridized carbons (Fsp3) is 0.167. The average Bonchev–Trinajstić information content (AvgIpc) is 3.12. The van der Waals surface area contributed by atoms with E-state index >= 15 is 0 Å². The first-order chi connectivity index (χ1) is 14.9. The second-order valence-corrected chi connectivity index (χ2v) is 7.25. The Bertz CT molecular complexity index is 1100. The second kappa shape index (κ2) is 9.77. The highest BCUT2D eigenvalue weighted by atomic mass is 16.5. The summed E-state index contributed by atoms with van der Waals surface area (Å²) in [4.78, 5) is 24.8. The summed E-state index contributed by atoms with van der Waals surface area (Å²) < 4.78 is 6.90. The Balaban J connectivity index is 1.65. The van der Waals surface area contributed by atoms with Crippen LogP contribution >= 0.6 is 0 Å². The average molecular weight is 418 g/mol. The number of methoxy groups -OCH3 is 1. The van der Waals surface area contributed by atoms with Crippen LogP contribution in [-0.4, -0.2) is 42.6 Å². The molecule has 0 bridgehead atoms. The topological polar surface area (TPSA) is 75.6 Å². The minimum absolute atomic E-state index is 0.242. The number of hydrogen-bond acceptors (Lipinski definition) is 4. The van der Waals surface area contributed by atoms with E-state index in [4.69, 9.17) is 4.74 Å². The molecule has 7 nitrogen and oxygen atoms in total. The third kappa shape index (κ3) is 5.83. The molecule has 160 valence electrons. The monoisotopic (exact) mass is 418 g/mol. The van der Waals surface area contributed by atoms with Crippen molar-refractivity contribution in [2.24, 2.45) is 7.05 Å². The Morgan fingerprint density at radius 3 is 2.35 bits per heavy atom. The molecule has 1 aromatic heterocycles. The van der Waals surface area contributed by atoms with E-state index in [1.807, 2.05) is 48.6 Å². The summed E-state index contributed by atoms with van der Waals surface area (Å²) in [6, 6.07) is 16.7. The predicted octanol–water partition coefficient (Wildman–Crippen LogP) is 3.66. The third-order valence-corrected chi connectivity index (χ3v) is 4.56. The first-order valence-electron chi connectivity index (χ1n) is 9.74. The van der Waals surface area contributed by atoms with Gasteiger partial charge in [-0.15, -0.1) is 0 Å². The fourth-order valence-corrected chi connectivity index (χ4v) is 3.01. The highest BCUT2D eigenvalue weighted by molar-refractivity contribution is 6.05. The first kappa shape index (κ1) is 21.9. The van der Waals surface area contributed by atoms with Crippen molar-refractivity contribution in [3.8, 4) is 5.75 Å². The number of hydrazine groups is 1. The van der Waals surface area contributed by atoms with Crippen LogP contribution in [0.2, 0.25) is 0 Å². The van der Waals surface area contributed by atoms with Crippen LogP contribution in [0.3, 0.4) is 0 Å². The molecule has 31 heavy (non-hydrogen) atoms. The van der Waals surface area contributed by atoms with Crippen molar-refractivity contribution in [3.63, 3.8) is 0 Å². The smallest absolute Gasteiger partial charge is 0.282 e. The van der Waals surface area contributed by atoms with Crippen molar-refractivity contribution in [3.05, 3.63) is 83.2 Å². The summed E-state index contributed by atoms with van der Waals surface area (Å²) in [6.45, 7) is 0. The molecule has 7 heteroatoms. The molecule has 0 spiro atoms. The van der Waals surface area contributed by atoms with Crippen LogP contribution in [0.4, 0.5) is 5.69 Å². The zero-order valence-electron chi connectivity index (χ0n) is 18.0. The van der Waals surface area contributed by atoms with Crippen LogP contribution in [0.15, 0.2) is 60.8 Å². The standard InChI is InChI=1S/C24H26N4O3/c1-27(2)26-24(30)22-15-20(16-28(22)3)25-23(29)19-12-10-17(11-13-19)8-9-18-6-5-7-21(14-18)31-4/h5-16H,1-4H3,(H,25,29)(H,26,30)/b9-8+. The van der Waals surface area contributed by atoms with Gasteiger partial charge in [0, 0.05) is 32.9 Å². The molecule has 2 aromatic carbocycles. The third-order valence-electron chi connectivity index (χ3n) is 4.56.